The van der Waals surface area contributed by atoms with Gasteiger partial charge in [-0.3, -0.25) is 0 Å². The average molecular weight is 611 g/mol. The molecule has 4 rings (SSSR count). The first kappa shape index (κ1) is 30.3. The van der Waals surface area contributed by atoms with Gasteiger partial charge in [-0.1, -0.05) is 6.07 Å². The molecule has 2 aromatic carbocycles. The first-order chi connectivity index (χ1) is 19.5. The van der Waals surface area contributed by atoms with Crippen LogP contribution in [0, 0.1) is 0 Å². The summed E-state index contributed by atoms with van der Waals surface area (Å²) in [7, 11) is -1.55. The summed E-state index contributed by atoms with van der Waals surface area (Å²) in [6, 6.07) is 13.1. The van der Waals surface area contributed by atoms with E-state index in [1.165, 1.54) is 11.3 Å². The van der Waals surface area contributed by atoms with Crippen LogP contribution in [-0.4, -0.2) is 41.9 Å². The predicted octanol–water partition coefficient (Wildman–Crippen LogP) is 5.63. The number of rotatable bonds is 9. The largest absolute Gasteiger partial charge is 0.360 e. The molecule has 0 bridgehead atoms. The first-order valence-corrected chi connectivity index (χ1v) is 15.3. The third kappa shape index (κ3) is 8.92. The number of urea groups is 1. The molecule has 41 heavy (non-hydrogen) atoms. The minimum absolute atomic E-state index is 0.246. The molecule has 0 spiro atoms. The molecule has 0 radical (unpaired) electrons. The number of nitrogens with one attached hydrogen (secondary N) is 6. The highest BCUT2D eigenvalue weighted by molar-refractivity contribution is 7.83. The Kier molecular flexibility index (Phi) is 9.86. The second kappa shape index (κ2) is 13.3. The summed E-state index contributed by atoms with van der Waals surface area (Å²) in [5.41, 5.74) is 3.52. The van der Waals surface area contributed by atoms with Gasteiger partial charge in [0.1, 0.15) is 16.0 Å². The van der Waals surface area contributed by atoms with Gasteiger partial charge in [0.05, 0.1) is 28.3 Å². The molecule has 0 saturated heterocycles. The van der Waals surface area contributed by atoms with Crippen LogP contribution in [-0.2, 0) is 17.5 Å². The van der Waals surface area contributed by atoms with Crippen molar-refractivity contribution >= 4 is 57.1 Å². The average Bonchev–Trinajstić information content (AvgIpc) is 3.59. The van der Waals surface area contributed by atoms with Crippen molar-refractivity contribution in [1.29, 1.82) is 0 Å². The molecular weight excluding hydrogens is 577 g/mol. The summed E-state index contributed by atoms with van der Waals surface area (Å²) in [6.07, 6.45) is 4.98. The number of H-pyrrole nitrogens is 1. The SMILES string of the molecule is CC(C)NC(=S)Nc1ccc(-c2ncc(-c3ccc(NC(=O)NCc4cnc[nH]4)cc3S(=O)NC(C)(C)C)s2)cc1. The second-order valence-corrected chi connectivity index (χ2v) is 13.2. The van der Waals surface area contributed by atoms with E-state index in [-0.39, 0.29) is 12.1 Å². The monoisotopic (exact) mass is 610 g/mol. The van der Waals surface area contributed by atoms with Crippen LogP contribution < -0.4 is 26.0 Å². The van der Waals surface area contributed by atoms with E-state index < -0.39 is 16.5 Å². The van der Waals surface area contributed by atoms with Crippen molar-refractivity contribution in [3.8, 4) is 21.0 Å². The number of benzene rings is 2. The van der Waals surface area contributed by atoms with Crippen LogP contribution >= 0.6 is 23.6 Å². The molecule has 10 nitrogen and oxygen atoms in total. The lowest BCUT2D eigenvalue weighted by atomic mass is 10.1. The number of imidazole rings is 1. The molecular formula is C28H34N8O2S3. The minimum Gasteiger partial charge on any atom is -0.360 e. The van der Waals surface area contributed by atoms with Crippen molar-refractivity contribution in [2.75, 3.05) is 10.6 Å². The second-order valence-electron chi connectivity index (χ2n) is 10.6. The maximum Gasteiger partial charge on any atom is 0.319 e. The van der Waals surface area contributed by atoms with Crippen LogP contribution in [0.5, 0.6) is 0 Å². The summed E-state index contributed by atoms with van der Waals surface area (Å²) >= 11 is 6.83. The number of amides is 2. The van der Waals surface area contributed by atoms with E-state index in [9.17, 15) is 9.00 Å². The van der Waals surface area contributed by atoms with E-state index in [4.69, 9.17) is 12.2 Å². The normalized spacial score (nSPS) is 12.1. The highest BCUT2D eigenvalue weighted by Gasteiger charge is 2.20. The quantitative estimate of drug-likeness (QED) is 0.135. The molecule has 0 saturated carbocycles. The fourth-order valence-corrected chi connectivity index (χ4v) is 6.34. The van der Waals surface area contributed by atoms with Gasteiger partial charge < -0.3 is 26.3 Å². The van der Waals surface area contributed by atoms with Crippen LogP contribution in [0.3, 0.4) is 0 Å². The van der Waals surface area contributed by atoms with E-state index in [0.717, 1.165) is 32.4 Å². The summed E-state index contributed by atoms with van der Waals surface area (Å²) in [5, 5.41) is 13.3. The van der Waals surface area contributed by atoms with Crippen LogP contribution in [0.15, 0.2) is 66.1 Å². The van der Waals surface area contributed by atoms with E-state index >= 15 is 0 Å². The number of carbonyl (C=O) groups excluding carboxylic acids is 1. The topological polar surface area (TPSA) is 136 Å². The first-order valence-electron chi connectivity index (χ1n) is 13.0. The Morgan fingerprint density at radius 1 is 1.07 bits per heavy atom. The fourth-order valence-electron chi connectivity index (χ4n) is 3.68. The van der Waals surface area contributed by atoms with Gasteiger partial charge in [0, 0.05) is 46.5 Å². The summed E-state index contributed by atoms with van der Waals surface area (Å²) in [5.74, 6) is 0. The van der Waals surface area contributed by atoms with Crippen molar-refractivity contribution in [2.24, 2.45) is 0 Å². The lowest BCUT2D eigenvalue weighted by Crippen LogP contribution is -2.37. The number of anilines is 2. The molecule has 0 aliphatic heterocycles. The van der Waals surface area contributed by atoms with Gasteiger partial charge in [-0.05, 0) is 83.2 Å². The van der Waals surface area contributed by atoms with Gasteiger partial charge >= 0.3 is 6.03 Å². The summed E-state index contributed by atoms with van der Waals surface area (Å²) in [6.45, 7) is 10.2. The number of hydrogen-bond acceptors (Lipinski definition) is 6. The van der Waals surface area contributed by atoms with Crippen LogP contribution in [0.25, 0.3) is 21.0 Å². The zero-order valence-electron chi connectivity index (χ0n) is 23.5. The molecule has 216 valence electrons. The Balaban J connectivity index is 1.54. The molecule has 13 heteroatoms. The van der Waals surface area contributed by atoms with Crippen molar-refractivity contribution in [1.82, 2.24) is 30.3 Å². The minimum atomic E-state index is -1.55. The number of thiocarbonyl (C=S) groups is 1. The number of thiazole rings is 1. The van der Waals surface area contributed by atoms with Gasteiger partial charge in [-0.2, -0.15) is 0 Å². The van der Waals surface area contributed by atoms with Crippen LogP contribution in [0.2, 0.25) is 0 Å². The Morgan fingerprint density at radius 2 is 1.80 bits per heavy atom. The maximum absolute atomic E-state index is 13.5. The molecule has 1 atom stereocenters. The third-order valence-corrected chi connectivity index (χ3v) is 8.25. The van der Waals surface area contributed by atoms with Crippen molar-refractivity contribution in [3.05, 3.63) is 66.9 Å². The molecule has 2 heterocycles. The molecule has 1 unspecified atom stereocenters. The van der Waals surface area contributed by atoms with Crippen molar-refractivity contribution in [2.45, 2.75) is 57.6 Å². The molecule has 4 aromatic rings. The van der Waals surface area contributed by atoms with Crippen LogP contribution in [0.1, 0.15) is 40.3 Å². The van der Waals surface area contributed by atoms with Gasteiger partial charge in [-0.25, -0.2) is 23.7 Å². The third-order valence-electron chi connectivity index (χ3n) is 5.41. The van der Waals surface area contributed by atoms with E-state index in [2.05, 4.69) is 40.9 Å². The van der Waals surface area contributed by atoms with Gasteiger partial charge in [0.25, 0.3) is 0 Å². The maximum atomic E-state index is 13.5. The van der Waals surface area contributed by atoms with Crippen LogP contribution in [0.4, 0.5) is 16.2 Å². The number of aromatic nitrogens is 3. The van der Waals surface area contributed by atoms with Crippen molar-refractivity contribution in [3.63, 3.8) is 0 Å². The summed E-state index contributed by atoms with van der Waals surface area (Å²) in [4.78, 5) is 25.4. The lowest BCUT2D eigenvalue weighted by molar-refractivity contribution is 0.251. The molecule has 2 aromatic heterocycles. The number of aromatic amines is 1. The molecule has 2 amide bonds. The standard InChI is InChI=1S/C28H34N8O2S3/c1-17(2)33-27(39)35-19-8-6-18(7-9-19)25-30-15-23(40-25)22-11-10-20(12-24(22)41(38)36-28(3,4)5)34-26(37)31-14-21-13-29-16-32-21/h6-13,15-17,36H,14H2,1-5H3,(H,29,32)(H2,31,34,37)(H2,33,35,39). The summed E-state index contributed by atoms with van der Waals surface area (Å²) < 4.78 is 16.6. The van der Waals surface area contributed by atoms with E-state index in [1.807, 2.05) is 65.0 Å². The Hall–Kier alpha value is -3.65. The number of hydrogen-bond donors (Lipinski definition) is 6. The number of nitrogens with zero attached hydrogens (tertiary/aromatic N) is 2. The van der Waals surface area contributed by atoms with Crippen molar-refractivity contribution < 1.29 is 9.00 Å². The smallest absolute Gasteiger partial charge is 0.319 e. The fraction of sp³-hybridized carbons (Fsp3) is 0.286. The van der Waals surface area contributed by atoms with E-state index in [0.29, 0.717) is 22.2 Å². The predicted molar refractivity (Wildman–Crippen MR) is 171 cm³/mol. The van der Waals surface area contributed by atoms with Gasteiger partial charge in [0.2, 0.25) is 0 Å². The highest BCUT2D eigenvalue weighted by atomic mass is 32.2. The molecule has 0 aliphatic rings. The zero-order chi connectivity index (χ0) is 29.6. The molecule has 0 aliphatic carbocycles. The highest BCUT2D eigenvalue weighted by Crippen LogP contribution is 2.36. The Labute approximate surface area is 251 Å². The zero-order valence-corrected chi connectivity index (χ0v) is 25.9. The molecule has 0 fully saturated rings. The number of carbonyl (C=O) groups is 1. The Morgan fingerprint density at radius 3 is 2.46 bits per heavy atom. The van der Waals surface area contributed by atoms with E-state index in [1.54, 1.807) is 30.9 Å². The van der Waals surface area contributed by atoms with Gasteiger partial charge in [-0.15, -0.1) is 11.3 Å². The molecule has 6 N–H and O–H groups in total. The van der Waals surface area contributed by atoms with Gasteiger partial charge in [0.15, 0.2) is 5.11 Å². The Bertz CT molecular complexity index is 1510. The lowest BCUT2D eigenvalue weighted by Gasteiger charge is -2.21.